The van der Waals surface area contributed by atoms with Crippen molar-refractivity contribution in [1.82, 2.24) is 5.32 Å². The molecule has 0 spiro atoms. The zero-order chi connectivity index (χ0) is 19.5. The van der Waals surface area contributed by atoms with Crippen LogP contribution in [0.5, 0.6) is 0 Å². The molecule has 1 unspecified atom stereocenters. The van der Waals surface area contributed by atoms with Crippen LogP contribution in [-0.2, 0) is 4.74 Å². The first-order chi connectivity index (χ1) is 13.6. The van der Waals surface area contributed by atoms with Gasteiger partial charge in [0.25, 0.3) is 5.91 Å². The molecule has 2 aromatic carbocycles. The average Bonchev–Trinajstić information content (AvgIpc) is 3.19. The van der Waals surface area contributed by atoms with Crippen molar-refractivity contribution >= 4 is 45.8 Å². The lowest BCUT2D eigenvalue weighted by atomic mass is 10.1. The van der Waals surface area contributed by atoms with Crippen LogP contribution in [0.3, 0.4) is 0 Å². The Morgan fingerprint density at radius 1 is 1.14 bits per heavy atom. The second kappa shape index (κ2) is 8.35. The molecule has 1 N–H and O–H groups in total. The average molecular weight is 417 g/mol. The number of carbonyl (C=O) groups is 1. The fourth-order valence-corrected chi connectivity index (χ4v) is 3.48. The van der Waals surface area contributed by atoms with Gasteiger partial charge >= 0.3 is 0 Å². The Bertz CT molecular complexity index is 1090. The minimum atomic E-state index is -0.276. The lowest BCUT2D eigenvalue weighted by Crippen LogP contribution is -2.34. The number of nitrogens with zero attached hydrogens (tertiary/aromatic N) is 1. The summed E-state index contributed by atoms with van der Waals surface area (Å²) < 4.78 is 11.5. The summed E-state index contributed by atoms with van der Waals surface area (Å²) in [6, 6.07) is 14.0. The first kappa shape index (κ1) is 19.0. The molecule has 1 atom stereocenters. The van der Waals surface area contributed by atoms with Crippen LogP contribution in [0.15, 0.2) is 57.9 Å². The zero-order valence-electron chi connectivity index (χ0n) is 15.0. The molecule has 1 aliphatic heterocycles. The van der Waals surface area contributed by atoms with E-state index in [1.807, 2.05) is 0 Å². The Morgan fingerprint density at radius 2 is 2.00 bits per heavy atom. The maximum Gasteiger partial charge on any atom is 0.256 e. The van der Waals surface area contributed by atoms with E-state index in [1.165, 1.54) is 0 Å². The molecule has 1 aliphatic rings. The predicted molar refractivity (Wildman–Crippen MR) is 109 cm³/mol. The Balaban J connectivity index is 1.76. The van der Waals surface area contributed by atoms with E-state index in [0.717, 1.165) is 24.8 Å². The lowest BCUT2D eigenvalue weighted by molar-refractivity contribution is 0.0854. The quantitative estimate of drug-likeness (QED) is 0.658. The fourth-order valence-electron chi connectivity index (χ4n) is 3.12. The van der Waals surface area contributed by atoms with Crippen LogP contribution >= 0.6 is 23.2 Å². The number of nitrogens with one attached hydrogen (secondary N) is 1. The Kier molecular flexibility index (Phi) is 5.67. The van der Waals surface area contributed by atoms with Gasteiger partial charge in [-0.1, -0.05) is 29.3 Å². The maximum atomic E-state index is 12.9. The predicted octanol–water partition coefficient (Wildman–Crippen LogP) is 4.88. The third-order valence-electron chi connectivity index (χ3n) is 4.51. The van der Waals surface area contributed by atoms with Gasteiger partial charge in [0.15, 0.2) is 0 Å². The maximum absolute atomic E-state index is 12.9. The van der Waals surface area contributed by atoms with Crippen LogP contribution in [0.2, 0.25) is 10.0 Å². The van der Waals surface area contributed by atoms with E-state index < -0.39 is 0 Å². The van der Waals surface area contributed by atoms with Crippen LogP contribution in [0, 0.1) is 0 Å². The number of rotatable bonds is 4. The third kappa shape index (κ3) is 4.38. The third-order valence-corrected chi connectivity index (χ3v) is 4.98. The summed E-state index contributed by atoms with van der Waals surface area (Å²) in [5.41, 5.74) is 1.72. The number of amides is 1. The Morgan fingerprint density at radius 3 is 2.79 bits per heavy atom. The van der Waals surface area contributed by atoms with Crippen LogP contribution in [0.1, 0.15) is 23.2 Å². The summed E-state index contributed by atoms with van der Waals surface area (Å²) in [6.45, 7) is 1.18. The van der Waals surface area contributed by atoms with Gasteiger partial charge < -0.3 is 14.5 Å². The highest BCUT2D eigenvalue weighted by molar-refractivity contribution is 6.31. The molecule has 144 valence electrons. The fraction of sp³-hybridized carbons (Fsp3) is 0.238. The van der Waals surface area contributed by atoms with Crippen molar-refractivity contribution in [3.05, 3.63) is 69.7 Å². The van der Waals surface area contributed by atoms with E-state index in [4.69, 9.17) is 32.4 Å². The van der Waals surface area contributed by atoms with Gasteiger partial charge in [0.1, 0.15) is 11.1 Å². The summed E-state index contributed by atoms with van der Waals surface area (Å²) in [5.74, 6) is -0.276. The molecular formula is C21H18Cl2N2O3. The molecule has 4 rings (SSSR count). The highest BCUT2D eigenvalue weighted by Crippen LogP contribution is 2.21. The summed E-state index contributed by atoms with van der Waals surface area (Å²) in [5, 5.41) is 4.75. The van der Waals surface area contributed by atoms with Gasteiger partial charge in [-0.05, 0) is 55.3 Å². The minimum absolute atomic E-state index is 0.0455. The van der Waals surface area contributed by atoms with E-state index in [-0.39, 0.29) is 17.6 Å². The van der Waals surface area contributed by atoms with Gasteiger partial charge in [0.2, 0.25) is 5.55 Å². The summed E-state index contributed by atoms with van der Waals surface area (Å²) in [7, 11) is 0. The molecule has 0 aliphatic carbocycles. The van der Waals surface area contributed by atoms with Crippen LogP contribution in [0.25, 0.3) is 11.0 Å². The smallest absolute Gasteiger partial charge is 0.256 e. The molecule has 3 aromatic rings. The number of hydrogen-bond acceptors (Lipinski definition) is 4. The molecule has 0 saturated carbocycles. The minimum Gasteiger partial charge on any atom is -0.438 e. The van der Waals surface area contributed by atoms with Crippen molar-refractivity contribution in [3.63, 3.8) is 0 Å². The zero-order valence-corrected chi connectivity index (χ0v) is 16.5. The van der Waals surface area contributed by atoms with Crippen molar-refractivity contribution in [3.8, 4) is 0 Å². The molecule has 1 aromatic heterocycles. The highest BCUT2D eigenvalue weighted by atomic mass is 35.5. The van der Waals surface area contributed by atoms with E-state index in [9.17, 15) is 4.79 Å². The molecule has 5 nitrogen and oxygen atoms in total. The monoisotopic (exact) mass is 416 g/mol. The van der Waals surface area contributed by atoms with Crippen LogP contribution in [0.4, 0.5) is 5.69 Å². The van der Waals surface area contributed by atoms with Crippen molar-refractivity contribution in [1.29, 1.82) is 0 Å². The lowest BCUT2D eigenvalue weighted by Gasteiger charge is -2.11. The normalized spacial score (nSPS) is 17.2. The first-order valence-corrected chi connectivity index (χ1v) is 9.77. The number of benzene rings is 2. The van der Waals surface area contributed by atoms with Crippen molar-refractivity contribution in [2.24, 2.45) is 4.99 Å². The topological polar surface area (TPSA) is 63.8 Å². The molecule has 28 heavy (non-hydrogen) atoms. The van der Waals surface area contributed by atoms with E-state index in [0.29, 0.717) is 33.4 Å². The second-order valence-electron chi connectivity index (χ2n) is 6.58. The van der Waals surface area contributed by atoms with Crippen LogP contribution in [-0.4, -0.2) is 25.2 Å². The van der Waals surface area contributed by atoms with E-state index in [1.54, 1.807) is 48.5 Å². The number of carbonyl (C=O) groups excluding carboxylic acids is 1. The van der Waals surface area contributed by atoms with E-state index >= 15 is 0 Å². The van der Waals surface area contributed by atoms with Crippen molar-refractivity contribution in [2.75, 3.05) is 13.2 Å². The van der Waals surface area contributed by atoms with Gasteiger partial charge in [-0.15, -0.1) is 0 Å². The Hall–Kier alpha value is -2.34. The second-order valence-corrected chi connectivity index (χ2v) is 7.46. The van der Waals surface area contributed by atoms with Gasteiger partial charge in [-0.25, -0.2) is 4.99 Å². The molecule has 1 saturated heterocycles. The number of fused-ring (bicyclic) bond motifs is 1. The SMILES string of the molecule is O=C(NCC1CCCO1)c1cc2cc(Cl)ccc2oc1=Nc1cccc(Cl)c1. The molecule has 2 heterocycles. The summed E-state index contributed by atoms with van der Waals surface area (Å²) in [4.78, 5) is 17.4. The van der Waals surface area contributed by atoms with Gasteiger partial charge in [-0.2, -0.15) is 0 Å². The molecule has 7 heteroatoms. The highest BCUT2D eigenvalue weighted by Gasteiger charge is 2.18. The van der Waals surface area contributed by atoms with Gasteiger partial charge in [0.05, 0.1) is 11.8 Å². The molecular weight excluding hydrogens is 399 g/mol. The van der Waals surface area contributed by atoms with Gasteiger partial charge in [0, 0.05) is 28.6 Å². The van der Waals surface area contributed by atoms with Crippen molar-refractivity contribution in [2.45, 2.75) is 18.9 Å². The molecule has 1 amide bonds. The molecule has 0 bridgehead atoms. The first-order valence-electron chi connectivity index (χ1n) is 9.02. The largest absolute Gasteiger partial charge is 0.438 e. The summed E-state index contributed by atoms with van der Waals surface area (Å²) >= 11 is 12.1. The number of hydrogen-bond donors (Lipinski definition) is 1. The molecule has 1 fully saturated rings. The molecule has 0 radical (unpaired) electrons. The van der Waals surface area contributed by atoms with Gasteiger partial charge in [-0.3, -0.25) is 4.79 Å². The van der Waals surface area contributed by atoms with Crippen LogP contribution < -0.4 is 10.9 Å². The van der Waals surface area contributed by atoms with E-state index in [2.05, 4.69) is 10.3 Å². The number of halogens is 2. The number of ether oxygens (including phenoxy) is 1. The Labute approximate surface area is 171 Å². The van der Waals surface area contributed by atoms with Crippen molar-refractivity contribution < 1.29 is 13.9 Å². The standard InChI is InChI=1S/C21H18Cl2N2O3/c22-14-3-1-4-16(11-14)25-21-18(20(26)24-12-17-5-2-8-27-17)10-13-9-15(23)6-7-19(13)28-21/h1,3-4,6-7,9-11,17H,2,5,8,12H2,(H,24,26). The summed E-state index contributed by atoms with van der Waals surface area (Å²) in [6.07, 6.45) is 2.00.